The van der Waals surface area contributed by atoms with Crippen LogP contribution in [0.3, 0.4) is 0 Å². The van der Waals surface area contributed by atoms with Crippen LogP contribution in [0.4, 0.5) is 5.69 Å². The molecule has 2 unspecified atom stereocenters. The minimum atomic E-state index is -0.349. The fourth-order valence-electron chi connectivity index (χ4n) is 2.66. The molecule has 1 heterocycles. The molecule has 1 aliphatic heterocycles. The van der Waals surface area contributed by atoms with Gasteiger partial charge in [-0.2, -0.15) is 0 Å². The van der Waals surface area contributed by atoms with E-state index >= 15 is 0 Å². The van der Waals surface area contributed by atoms with Crippen molar-refractivity contribution in [2.45, 2.75) is 24.9 Å². The molecule has 1 fully saturated rings. The predicted octanol–water partition coefficient (Wildman–Crippen LogP) is 1.79. The summed E-state index contributed by atoms with van der Waals surface area (Å²) in [5, 5.41) is 5.74. The molecule has 2 amide bonds. The van der Waals surface area contributed by atoms with E-state index in [0.29, 0.717) is 6.42 Å². The molecule has 136 valence electrons. The monoisotopic (exact) mass is 370 g/mol. The van der Waals surface area contributed by atoms with Gasteiger partial charge >= 0.3 is 0 Å². The van der Waals surface area contributed by atoms with E-state index in [9.17, 15) is 9.59 Å². The van der Waals surface area contributed by atoms with E-state index in [1.807, 2.05) is 61.5 Å². The van der Waals surface area contributed by atoms with E-state index in [2.05, 4.69) is 21.5 Å². The van der Waals surface area contributed by atoms with Crippen molar-refractivity contribution in [2.24, 2.45) is 0 Å². The Morgan fingerprint density at radius 2 is 1.92 bits per heavy atom. The van der Waals surface area contributed by atoms with Gasteiger partial charge in [-0.25, -0.2) is 10.9 Å². The second kappa shape index (κ2) is 8.84. The first kappa shape index (κ1) is 18.4. The molecule has 6 nitrogen and oxygen atoms in total. The Morgan fingerprint density at radius 3 is 2.65 bits per heavy atom. The smallest absolute Gasteiger partial charge is 0.240 e. The van der Waals surface area contributed by atoms with E-state index in [1.165, 1.54) is 11.8 Å². The Morgan fingerprint density at radius 1 is 1.12 bits per heavy atom. The van der Waals surface area contributed by atoms with Crippen LogP contribution >= 0.6 is 11.8 Å². The van der Waals surface area contributed by atoms with Gasteiger partial charge in [0.1, 0.15) is 11.5 Å². The number of carbonyl (C=O) groups is 2. The molecule has 0 saturated carbocycles. The number of anilines is 1. The first-order valence-corrected chi connectivity index (χ1v) is 9.48. The van der Waals surface area contributed by atoms with E-state index in [-0.39, 0.29) is 29.1 Å². The van der Waals surface area contributed by atoms with Crippen LogP contribution in [0.2, 0.25) is 0 Å². The first-order chi connectivity index (χ1) is 12.6. The fourth-order valence-corrected chi connectivity index (χ4v) is 3.40. The number of rotatable bonds is 6. The Kier molecular flexibility index (Phi) is 6.27. The van der Waals surface area contributed by atoms with Crippen LogP contribution in [-0.4, -0.2) is 29.1 Å². The number of aryl methyl sites for hydroxylation is 1. The average Bonchev–Trinajstić information content (AvgIpc) is 2.63. The zero-order chi connectivity index (χ0) is 18.4. The minimum absolute atomic E-state index is 0.0794. The second-order valence-corrected chi connectivity index (χ2v) is 7.24. The summed E-state index contributed by atoms with van der Waals surface area (Å²) in [4.78, 5) is 24.3. The first-order valence-electron chi connectivity index (χ1n) is 8.43. The third-order valence-corrected chi connectivity index (χ3v) is 4.94. The molecule has 0 bridgehead atoms. The Balaban J connectivity index is 1.43. The van der Waals surface area contributed by atoms with Crippen molar-refractivity contribution in [3.8, 4) is 0 Å². The van der Waals surface area contributed by atoms with E-state index < -0.39 is 0 Å². The molecule has 0 aliphatic carbocycles. The Bertz CT molecular complexity index is 769. The average molecular weight is 370 g/mol. The molecular weight excluding hydrogens is 348 g/mol. The van der Waals surface area contributed by atoms with Gasteiger partial charge in [0.05, 0.1) is 5.75 Å². The lowest BCUT2D eigenvalue weighted by Gasteiger charge is -2.31. The molecule has 7 heteroatoms. The second-order valence-electron chi connectivity index (χ2n) is 6.15. The number of benzene rings is 2. The van der Waals surface area contributed by atoms with Gasteiger partial charge in [0, 0.05) is 5.69 Å². The van der Waals surface area contributed by atoms with Gasteiger partial charge in [-0.15, -0.1) is 11.8 Å². The fraction of sp³-hybridized carbons (Fsp3) is 0.263. The third-order valence-electron chi connectivity index (χ3n) is 3.94. The van der Waals surface area contributed by atoms with Crippen molar-refractivity contribution < 1.29 is 9.59 Å². The van der Waals surface area contributed by atoms with Crippen LogP contribution in [0, 0.1) is 6.92 Å². The summed E-state index contributed by atoms with van der Waals surface area (Å²) in [6.45, 7) is 1.98. The lowest BCUT2D eigenvalue weighted by Crippen LogP contribution is -2.64. The molecule has 1 aliphatic rings. The van der Waals surface area contributed by atoms with Crippen molar-refractivity contribution in [1.29, 1.82) is 0 Å². The quantitative estimate of drug-likeness (QED) is 0.623. The number of nitrogens with one attached hydrogen (secondary N) is 4. The number of hydrogen-bond donors (Lipinski definition) is 4. The zero-order valence-electron chi connectivity index (χ0n) is 14.5. The number of hydrazine groups is 1. The molecule has 3 rings (SSSR count). The maximum atomic E-state index is 12.3. The van der Waals surface area contributed by atoms with E-state index in [1.54, 1.807) is 0 Å². The summed E-state index contributed by atoms with van der Waals surface area (Å²) in [5.74, 6) is 0.0453. The molecule has 2 aromatic rings. The highest BCUT2D eigenvalue weighted by Crippen LogP contribution is 2.13. The van der Waals surface area contributed by atoms with Gasteiger partial charge < -0.3 is 10.6 Å². The van der Waals surface area contributed by atoms with E-state index in [4.69, 9.17) is 0 Å². The van der Waals surface area contributed by atoms with Gasteiger partial charge in [-0.1, -0.05) is 42.5 Å². The summed E-state index contributed by atoms with van der Waals surface area (Å²) in [5.41, 5.74) is 8.69. The van der Waals surface area contributed by atoms with Crippen LogP contribution in [0.25, 0.3) is 0 Å². The SMILES string of the molecule is Cc1cccc(NC(=O)CSC2NNC(Cc3ccccc3)C(=O)N2)c1. The molecule has 4 N–H and O–H groups in total. The lowest BCUT2D eigenvalue weighted by molar-refractivity contribution is -0.125. The number of thioether (sulfide) groups is 1. The summed E-state index contributed by atoms with van der Waals surface area (Å²) in [7, 11) is 0. The third kappa shape index (κ3) is 5.32. The molecule has 0 spiro atoms. The molecule has 2 atom stereocenters. The van der Waals surface area contributed by atoms with Crippen molar-refractivity contribution >= 4 is 29.3 Å². The maximum Gasteiger partial charge on any atom is 0.240 e. The predicted molar refractivity (Wildman–Crippen MR) is 104 cm³/mol. The molecule has 0 radical (unpaired) electrons. The van der Waals surface area contributed by atoms with Crippen LogP contribution in [0.15, 0.2) is 54.6 Å². The molecule has 26 heavy (non-hydrogen) atoms. The molecule has 2 aromatic carbocycles. The highest BCUT2D eigenvalue weighted by atomic mass is 32.2. The number of amides is 2. The van der Waals surface area contributed by atoms with Crippen molar-refractivity contribution in [3.05, 3.63) is 65.7 Å². The lowest BCUT2D eigenvalue weighted by atomic mass is 10.1. The summed E-state index contributed by atoms with van der Waals surface area (Å²) in [6.07, 6.45) is 0.602. The largest absolute Gasteiger partial charge is 0.329 e. The number of hydrogen-bond acceptors (Lipinski definition) is 5. The standard InChI is InChI=1S/C19H22N4O2S/c1-13-6-5-9-15(10-13)20-17(24)12-26-19-21-18(25)16(22-23-19)11-14-7-3-2-4-8-14/h2-10,16,19,22-23H,11-12H2,1H3,(H,20,24)(H,21,25). The topological polar surface area (TPSA) is 82.3 Å². The van der Waals surface area contributed by atoms with E-state index in [0.717, 1.165) is 16.8 Å². The van der Waals surface area contributed by atoms with Crippen LogP contribution in [-0.2, 0) is 16.0 Å². The Labute approximate surface area is 157 Å². The molecular formula is C19H22N4O2S. The molecule has 1 saturated heterocycles. The summed E-state index contributed by atoms with van der Waals surface area (Å²) < 4.78 is 0. The number of carbonyl (C=O) groups excluding carboxylic acids is 2. The van der Waals surface area contributed by atoms with Gasteiger partial charge in [0.2, 0.25) is 11.8 Å². The van der Waals surface area contributed by atoms with Gasteiger partial charge in [-0.05, 0) is 36.6 Å². The van der Waals surface area contributed by atoms with Crippen molar-refractivity contribution in [3.63, 3.8) is 0 Å². The zero-order valence-corrected chi connectivity index (χ0v) is 15.3. The highest BCUT2D eigenvalue weighted by molar-refractivity contribution is 8.00. The highest BCUT2D eigenvalue weighted by Gasteiger charge is 2.27. The van der Waals surface area contributed by atoms with Gasteiger partial charge in [0.15, 0.2) is 0 Å². The minimum Gasteiger partial charge on any atom is -0.329 e. The Hall–Kier alpha value is -2.35. The van der Waals surface area contributed by atoms with Gasteiger partial charge in [0.25, 0.3) is 0 Å². The normalized spacial score (nSPS) is 19.7. The maximum absolute atomic E-state index is 12.3. The van der Waals surface area contributed by atoms with Crippen molar-refractivity contribution in [2.75, 3.05) is 11.1 Å². The van der Waals surface area contributed by atoms with Crippen molar-refractivity contribution in [1.82, 2.24) is 16.2 Å². The summed E-state index contributed by atoms with van der Waals surface area (Å²) >= 11 is 1.32. The van der Waals surface area contributed by atoms with Crippen LogP contribution < -0.4 is 21.5 Å². The van der Waals surface area contributed by atoms with Crippen LogP contribution in [0.5, 0.6) is 0 Å². The summed E-state index contributed by atoms with van der Waals surface area (Å²) in [6, 6.07) is 17.1. The molecule has 0 aromatic heterocycles. The van der Waals surface area contributed by atoms with Gasteiger partial charge in [-0.3, -0.25) is 9.59 Å². The van der Waals surface area contributed by atoms with Crippen LogP contribution in [0.1, 0.15) is 11.1 Å².